The van der Waals surface area contributed by atoms with Crippen molar-refractivity contribution in [1.29, 1.82) is 0 Å². The van der Waals surface area contributed by atoms with E-state index >= 15 is 0 Å². The molecule has 3 aromatic rings. The van der Waals surface area contributed by atoms with Crippen LogP contribution in [0.1, 0.15) is 33.9 Å². The highest BCUT2D eigenvalue weighted by Gasteiger charge is 2.31. The van der Waals surface area contributed by atoms with Crippen LogP contribution in [0.25, 0.3) is 10.4 Å². The first-order valence-electron chi connectivity index (χ1n) is 12.4. The number of benzene rings is 2. The van der Waals surface area contributed by atoms with Gasteiger partial charge in [-0.05, 0) is 49.7 Å². The number of ether oxygens (including phenoxy) is 2. The Labute approximate surface area is 231 Å². The van der Waals surface area contributed by atoms with Gasteiger partial charge in [0.1, 0.15) is 4.88 Å². The molecule has 0 spiro atoms. The Kier molecular flexibility index (Phi) is 9.00. The van der Waals surface area contributed by atoms with Gasteiger partial charge >= 0.3 is 12.1 Å². The van der Waals surface area contributed by atoms with Crippen molar-refractivity contribution in [2.24, 2.45) is 0 Å². The van der Waals surface area contributed by atoms with Crippen molar-refractivity contribution in [3.63, 3.8) is 0 Å². The van der Waals surface area contributed by atoms with Gasteiger partial charge in [0.05, 0.1) is 23.8 Å². The molecule has 0 radical (unpaired) electrons. The summed E-state index contributed by atoms with van der Waals surface area (Å²) >= 11 is 1.22. The fourth-order valence-corrected chi connectivity index (χ4v) is 6.46. The summed E-state index contributed by atoms with van der Waals surface area (Å²) in [5, 5.41) is 2.77. The highest BCUT2D eigenvalue weighted by atomic mass is 32.2. The normalized spacial score (nSPS) is 14.1. The summed E-state index contributed by atoms with van der Waals surface area (Å²) in [5.74, 6) is -1.03. The second kappa shape index (κ2) is 12.4. The summed E-state index contributed by atoms with van der Waals surface area (Å²) in [5.41, 5.74) is 1.44. The first-order valence-corrected chi connectivity index (χ1v) is 14.7. The zero-order valence-corrected chi connectivity index (χ0v) is 23.2. The van der Waals surface area contributed by atoms with Gasteiger partial charge in [0.2, 0.25) is 10.0 Å². The maximum Gasteiger partial charge on any atom is 0.409 e. The predicted octanol–water partition coefficient (Wildman–Crippen LogP) is 4.31. The van der Waals surface area contributed by atoms with Crippen LogP contribution in [0.5, 0.6) is 0 Å². The van der Waals surface area contributed by atoms with Crippen LogP contribution in [0.4, 0.5) is 10.5 Å². The molecule has 0 saturated carbocycles. The van der Waals surface area contributed by atoms with Crippen LogP contribution in [0.15, 0.2) is 65.6 Å². The second-order valence-electron chi connectivity index (χ2n) is 8.51. The van der Waals surface area contributed by atoms with Crippen molar-refractivity contribution >= 4 is 45.0 Å². The lowest BCUT2D eigenvalue weighted by atomic mass is 10.2. The summed E-state index contributed by atoms with van der Waals surface area (Å²) in [6.45, 7) is 4.60. The van der Waals surface area contributed by atoms with Gasteiger partial charge in [-0.2, -0.15) is 4.31 Å². The summed E-state index contributed by atoms with van der Waals surface area (Å²) in [6.07, 6.45) is -0.461. The fraction of sp³-hybridized carbons (Fsp3) is 0.296. The van der Waals surface area contributed by atoms with Crippen molar-refractivity contribution in [1.82, 2.24) is 9.21 Å². The van der Waals surface area contributed by atoms with Crippen LogP contribution in [0.3, 0.4) is 0 Å². The largest absolute Gasteiger partial charge is 0.462 e. The van der Waals surface area contributed by atoms with E-state index in [4.69, 9.17) is 9.47 Å². The van der Waals surface area contributed by atoms with E-state index in [9.17, 15) is 22.8 Å². The Morgan fingerprint density at radius 2 is 1.54 bits per heavy atom. The highest BCUT2D eigenvalue weighted by molar-refractivity contribution is 7.89. The lowest BCUT2D eigenvalue weighted by Crippen LogP contribution is -2.50. The molecule has 1 fully saturated rings. The number of piperazine rings is 1. The molecule has 0 bridgehead atoms. The smallest absolute Gasteiger partial charge is 0.409 e. The topological polar surface area (TPSA) is 122 Å². The number of carbonyl (C=O) groups is 3. The maximum absolute atomic E-state index is 13.1. The molecule has 2 amide bonds. The third kappa shape index (κ3) is 6.47. The number of esters is 1. The number of amides is 2. The molecule has 1 N–H and O–H groups in total. The average Bonchev–Trinajstić information content (AvgIpc) is 3.38. The summed E-state index contributed by atoms with van der Waals surface area (Å²) in [7, 11) is -3.81. The third-order valence-electron chi connectivity index (χ3n) is 6.02. The zero-order chi connectivity index (χ0) is 28.0. The van der Waals surface area contributed by atoms with E-state index in [1.54, 1.807) is 19.9 Å². The first kappa shape index (κ1) is 28.3. The minimum absolute atomic E-state index is 0.0396. The second-order valence-corrected chi connectivity index (χ2v) is 11.5. The first-order chi connectivity index (χ1) is 18.7. The van der Waals surface area contributed by atoms with Crippen molar-refractivity contribution < 1.29 is 32.3 Å². The molecule has 39 heavy (non-hydrogen) atoms. The van der Waals surface area contributed by atoms with Gasteiger partial charge in [-0.15, -0.1) is 11.3 Å². The molecule has 2 aromatic carbocycles. The van der Waals surface area contributed by atoms with Crippen molar-refractivity contribution in [2.45, 2.75) is 18.7 Å². The molecular weight excluding hydrogens is 542 g/mol. The molecular formula is C27H29N3O7S2. The van der Waals surface area contributed by atoms with Gasteiger partial charge in [-0.25, -0.2) is 18.0 Å². The number of nitrogens with zero attached hydrogens (tertiary/aromatic N) is 2. The van der Waals surface area contributed by atoms with E-state index in [1.165, 1.54) is 44.8 Å². The number of hydrogen-bond acceptors (Lipinski definition) is 8. The Hall–Kier alpha value is -3.74. The van der Waals surface area contributed by atoms with Gasteiger partial charge in [0, 0.05) is 36.6 Å². The molecule has 0 unspecified atom stereocenters. The minimum atomic E-state index is -3.81. The van der Waals surface area contributed by atoms with Gasteiger partial charge in [-0.1, -0.05) is 30.3 Å². The number of thiophene rings is 1. The summed E-state index contributed by atoms with van der Waals surface area (Å²) in [4.78, 5) is 40.1. The van der Waals surface area contributed by atoms with Crippen LogP contribution < -0.4 is 5.32 Å². The number of carbonyl (C=O) groups excluding carboxylic acids is 3. The molecule has 0 atom stereocenters. The Morgan fingerprint density at radius 3 is 2.15 bits per heavy atom. The summed E-state index contributed by atoms with van der Waals surface area (Å²) in [6, 6.07) is 16.8. The number of anilines is 1. The fourth-order valence-electron chi connectivity index (χ4n) is 4.02. The Morgan fingerprint density at radius 1 is 0.897 bits per heavy atom. The van der Waals surface area contributed by atoms with Crippen LogP contribution in [-0.2, 0) is 19.5 Å². The molecule has 10 nitrogen and oxygen atoms in total. The van der Waals surface area contributed by atoms with E-state index in [2.05, 4.69) is 5.32 Å². The minimum Gasteiger partial charge on any atom is -0.462 e. The number of hydrogen-bond donors (Lipinski definition) is 1. The predicted molar refractivity (Wildman–Crippen MR) is 147 cm³/mol. The number of rotatable bonds is 8. The molecule has 206 valence electrons. The van der Waals surface area contributed by atoms with E-state index in [1.807, 2.05) is 30.3 Å². The number of nitrogens with one attached hydrogen (secondary N) is 1. The quantitative estimate of drug-likeness (QED) is 0.400. The molecule has 1 aliphatic rings. The molecule has 0 aliphatic carbocycles. The van der Waals surface area contributed by atoms with Crippen molar-refractivity contribution in [2.75, 3.05) is 44.7 Å². The molecule has 1 aromatic heterocycles. The van der Waals surface area contributed by atoms with Crippen LogP contribution in [-0.4, -0.2) is 75.0 Å². The lowest BCUT2D eigenvalue weighted by molar-refractivity contribution is 0.0533. The monoisotopic (exact) mass is 571 g/mol. The number of sulfonamides is 1. The van der Waals surface area contributed by atoms with Gasteiger partial charge < -0.3 is 19.7 Å². The molecule has 12 heteroatoms. The third-order valence-corrected chi connectivity index (χ3v) is 9.10. The highest BCUT2D eigenvalue weighted by Crippen LogP contribution is 2.35. The molecule has 1 saturated heterocycles. The van der Waals surface area contributed by atoms with E-state index in [0.717, 1.165) is 10.4 Å². The lowest BCUT2D eigenvalue weighted by Gasteiger charge is -2.33. The van der Waals surface area contributed by atoms with E-state index in [-0.39, 0.29) is 54.7 Å². The van der Waals surface area contributed by atoms with Gasteiger partial charge in [-0.3, -0.25) is 4.79 Å². The van der Waals surface area contributed by atoms with Crippen LogP contribution >= 0.6 is 11.3 Å². The van der Waals surface area contributed by atoms with Crippen LogP contribution in [0, 0.1) is 0 Å². The average molecular weight is 572 g/mol. The molecule has 1 aliphatic heterocycles. The molecule has 4 rings (SSSR count). The Balaban J connectivity index is 1.48. The standard InChI is InChI=1S/C27H29N3O7S2/c1-3-36-26(32)24-22(18-23(38-24)19-8-6-5-7-9-19)28-25(31)20-10-12-21(13-11-20)39(34,35)30-16-14-29(15-17-30)27(33)37-4-2/h5-13,18H,3-4,14-17H2,1-2H3,(H,28,31). The van der Waals surface area contributed by atoms with Gasteiger partial charge in [0.25, 0.3) is 5.91 Å². The van der Waals surface area contributed by atoms with E-state index < -0.39 is 28.0 Å². The van der Waals surface area contributed by atoms with Crippen molar-refractivity contribution in [3.8, 4) is 10.4 Å². The van der Waals surface area contributed by atoms with Gasteiger partial charge in [0.15, 0.2) is 0 Å². The molecule has 2 heterocycles. The summed E-state index contributed by atoms with van der Waals surface area (Å²) < 4.78 is 37.7. The van der Waals surface area contributed by atoms with Crippen LogP contribution in [0.2, 0.25) is 0 Å². The SMILES string of the molecule is CCOC(=O)c1sc(-c2ccccc2)cc1NC(=O)c1ccc(S(=O)(=O)N2CCN(C(=O)OCC)CC2)cc1. The van der Waals surface area contributed by atoms with Crippen molar-refractivity contribution in [3.05, 3.63) is 71.1 Å². The zero-order valence-electron chi connectivity index (χ0n) is 21.6. The maximum atomic E-state index is 13.1. The Bertz CT molecular complexity index is 1430. The van der Waals surface area contributed by atoms with E-state index in [0.29, 0.717) is 5.69 Å².